The summed E-state index contributed by atoms with van der Waals surface area (Å²) in [5.74, 6) is 0.925. The summed E-state index contributed by atoms with van der Waals surface area (Å²) in [5.41, 5.74) is 2.46. The van der Waals surface area contributed by atoms with Crippen LogP contribution in [0.1, 0.15) is 21.5 Å². The van der Waals surface area contributed by atoms with Crippen molar-refractivity contribution in [1.29, 1.82) is 0 Å². The maximum atomic E-state index is 13.0. The Morgan fingerprint density at radius 3 is 2.28 bits per heavy atom. The van der Waals surface area contributed by atoms with E-state index in [1.165, 1.54) is 26.2 Å². The van der Waals surface area contributed by atoms with Crippen LogP contribution in [-0.4, -0.2) is 44.2 Å². The number of hydrogen-bond donors (Lipinski definition) is 1. The Hall–Kier alpha value is -3.48. The first-order valence-corrected chi connectivity index (χ1v) is 9.06. The molecule has 7 heteroatoms. The van der Waals surface area contributed by atoms with E-state index >= 15 is 0 Å². The van der Waals surface area contributed by atoms with Gasteiger partial charge in [0.2, 0.25) is 5.75 Å². The van der Waals surface area contributed by atoms with E-state index in [4.69, 9.17) is 14.2 Å². The molecule has 1 amide bonds. The molecule has 3 rings (SSSR count). The number of aryl methyl sites for hydroxylation is 1. The lowest BCUT2D eigenvalue weighted by Gasteiger charge is -2.19. The van der Waals surface area contributed by atoms with E-state index in [1.54, 1.807) is 19.2 Å². The number of fused-ring (bicyclic) bond motifs is 1. The first-order chi connectivity index (χ1) is 13.9. The molecule has 3 aromatic rings. The van der Waals surface area contributed by atoms with E-state index < -0.39 is 0 Å². The average molecular weight is 396 g/mol. The molecule has 0 aliphatic rings. The summed E-state index contributed by atoms with van der Waals surface area (Å²) in [6.45, 7) is 2.10. The quantitative estimate of drug-likeness (QED) is 0.692. The van der Waals surface area contributed by atoms with Crippen molar-refractivity contribution in [3.05, 3.63) is 63.4 Å². The van der Waals surface area contributed by atoms with Gasteiger partial charge in [0.25, 0.3) is 11.5 Å². The largest absolute Gasteiger partial charge is 0.493 e. The molecule has 2 aromatic carbocycles. The number of ether oxygens (including phenoxy) is 3. The third kappa shape index (κ3) is 3.89. The number of benzene rings is 2. The van der Waals surface area contributed by atoms with Gasteiger partial charge in [-0.05, 0) is 36.1 Å². The van der Waals surface area contributed by atoms with Crippen molar-refractivity contribution in [3.63, 3.8) is 0 Å². The fourth-order valence-electron chi connectivity index (χ4n) is 3.30. The van der Waals surface area contributed by atoms with Crippen molar-refractivity contribution < 1.29 is 19.0 Å². The highest BCUT2D eigenvalue weighted by atomic mass is 16.5. The van der Waals surface area contributed by atoms with E-state index in [0.29, 0.717) is 28.4 Å². The number of amides is 1. The highest BCUT2D eigenvalue weighted by Crippen LogP contribution is 2.38. The van der Waals surface area contributed by atoms with Crippen molar-refractivity contribution in [2.24, 2.45) is 0 Å². The van der Waals surface area contributed by atoms with E-state index in [1.807, 2.05) is 31.2 Å². The second kappa shape index (κ2) is 8.26. The van der Waals surface area contributed by atoms with Crippen molar-refractivity contribution in [1.82, 2.24) is 9.88 Å². The van der Waals surface area contributed by atoms with Crippen LogP contribution in [0, 0.1) is 6.92 Å². The number of pyridine rings is 1. The maximum Gasteiger partial charge on any atom is 0.254 e. The van der Waals surface area contributed by atoms with Crippen LogP contribution in [0.2, 0.25) is 0 Å². The fourth-order valence-corrected chi connectivity index (χ4v) is 3.30. The second-order valence-corrected chi connectivity index (χ2v) is 6.74. The average Bonchev–Trinajstić information content (AvgIpc) is 2.73. The molecule has 29 heavy (non-hydrogen) atoms. The Morgan fingerprint density at radius 1 is 1.03 bits per heavy atom. The van der Waals surface area contributed by atoms with Gasteiger partial charge in [0.1, 0.15) is 0 Å². The molecule has 1 N–H and O–H groups in total. The van der Waals surface area contributed by atoms with E-state index in [2.05, 4.69) is 4.98 Å². The number of carbonyl (C=O) groups excluding carboxylic acids is 1. The molecule has 0 bridgehead atoms. The number of carbonyl (C=O) groups is 1. The van der Waals surface area contributed by atoms with Crippen LogP contribution in [0.5, 0.6) is 17.2 Å². The smallest absolute Gasteiger partial charge is 0.254 e. The number of aromatic nitrogens is 1. The van der Waals surface area contributed by atoms with Gasteiger partial charge in [0.05, 0.1) is 33.4 Å². The summed E-state index contributed by atoms with van der Waals surface area (Å²) in [5, 5.41) is 0.924. The summed E-state index contributed by atoms with van der Waals surface area (Å²) in [6.07, 6.45) is 0. The Kier molecular flexibility index (Phi) is 5.77. The number of rotatable bonds is 6. The normalized spacial score (nSPS) is 10.7. The molecule has 0 atom stereocenters. The molecule has 7 nitrogen and oxygen atoms in total. The molecule has 0 spiro atoms. The van der Waals surface area contributed by atoms with Crippen LogP contribution in [0.25, 0.3) is 10.9 Å². The SMILES string of the molecule is COc1cc(C(=O)N(C)Cc2cc3cccc(C)c3[nH]c2=O)cc(OC)c1OC. The molecule has 0 saturated carbocycles. The van der Waals surface area contributed by atoms with Crippen molar-refractivity contribution in [3.8, 4) is 17.2 Å². The van der Waals surface area contributed by atoms with Crippen LogP contribution in [0.3, 0.4) is 0 Å². The van der Waals surface area contributed by atoms with E-state index in [-0.39, 0.29) is 18.0 Å². The molecule has 0 unspecified atom stereocenters. The molecule has 0 radical (unpaired) electrons. The van der Waals surface area contributed by atoms with E-state index in [9.17, 15) is 9.59 Å². The van der Waals surface area contributed by atoms with Crippen LogP contribution < -0.4 is 19.8 Å². The lowest BCUT2D eigenvalue weighted by atomic mass is 10.1. The zero-order valence-corrected chi connectivity index (χ0v) is 17.2. The fraction of sp³-hybridized carbons (Fsp3) is 0.273. The van der Waals surface area contributed by atoms with Gasteiger partial charge in [-0.1, -0.05) is 18.2 Å². The Morgan fingerprint density at radius 2 is 1.69 bits per heavy atom. The number of H-pyrrole nitrogens is 1. The summed E-state index contributed by atoms with van der Waals surface area (Å²) >= 11 is 0. The number of nitrogens with one attached hydrogen (secondary N) is 1. The molecule has 1 heterocycles. The lowest BCUT2D eigenvalue weighted by molar-refractivity contribution is 0.0784. The van der Waals surface area contributed by atoms with Crippen molar-refractivity contribution >= 4 is 16.8 Å². The molecule has 0 aliphatic carbocycles. The lowest BCUT2D eigenvalue weighted by Crippen LogP contribution is -2.29. The minimum atomic E-state index is -0.270. The molecule has 0 aliphatic heterocycles. The predicted molar refractivity (Wildman–Crippen MR) is 111 cm³/mol. The maximum absolute atomic E-state index is 13.0. The minimum absolute atomic E-state index is 0.161. The van der Waals surface area contributed by atoms with Gasteiger partial charge in [-0.25, -0.2) is 0 Å². The zero-order valence-electron chi connectivity index (χ0n) is 17.2. The zero-order chi connectivity index (χ0) is 21.1. The molecule has 0 fully saturated rings. The number of para-hydroxylation sites is 1. The second-order valence-electron chi connectivity index (χ2n) is 6.74. The molecule has 0 saturated heterocycles. The summed E-state index contributed by atoms with van der Waals surface area (Å²) in [4.78, 5) is 29.9. The Balaban J connectivity index is 1.93. The molecule has 152 valence electrons. The van der Waals surface area contributed by atoms with E-state index in [0.717, 1.165) is 16.5 Å². The summed E-state index contributed by atoms with van der Waals surface area (Å²) in [7, 11) is 6.13. The Labute approximate surface area is 168 Å². The van der Waals surface area contributed by atoms with Gasteiger partial charge in [0.15, 0.2) is 11.5 Å². The number of methoxy groups -OCH3 is 3. The van der Waals surface area contributed by atoms with Crippen molar-refractivity contribution in [2.75, 3.05) is 28.4 Å². The van der Waals surface area contributed by atoms with Crippen LogP contribution in [0.4, 0.5) is 0 Å². The van der Waals surface area contributed by atoms with Gasteiger partial charge in [-0.3, -0.25) is 9.59 Å². The summed E-state index contributed by atoms with van der Waals surface area (Å²) in [6, 6.07) is 10.8. The highest BCUT2D eigenvalue weighted by Gasteiger charge is 2.20. The first kappa shape index (κ1) is 20.3. The highest BCUT2D eigenvalue weighted by molar-refractivity contribution is 5.95. The van der Waals surface area contributed by atoms with Gasteiger partial charge < -0.3 is 24.1 Å². The van der Waals surface area contributed by atoms with Gasteiger partial charge >= 0.3 is 0 Å². The predicted octanol–water partition coefficient (Wildman–Crippen LogP) is 3.13. The van der Waals surface area contributed by atoms with Crippen LogP contribution >= 0.6 is 0 Å². The minimum Gasteiger partial charge on any atom is -0.493 e. The number of aromatic amines is 1. The molecule has 1 aromatic heterocycles. The molecular weight excluding hydrogens is 372 g/mol. The number of hydrogen-bond acceptors (Lipinski definition) is 5. The summed E-state index contributed by atoms with van der Waals surface area (Å²) < 4.78 is 15.9. The van der Waals surface area contributed by atoms with Crippen LogP contribution in [-0.2, 0) is 6.54 Å². The topological polar surface area (TPSA) is 80.9 Å². The molecular formula is C22H24N2O5. The monoisotopic (exact) mass is 396 g/mol. The van der Waals surface area contributed by atoms with Crippen molar-refractivity contribution in [2.45, 2.75) is 13.5 Å². The number of nitrogens with zero attached hydrogens (tertiary/aromatic N) is 1. The third-order valence-corrected chi connectivity index (χ3v) is 4.83. The van der Waals surface area contributed by atoms with Gasteiger partial charge in [0, 0.05) is 18.2 Å². The van der Waals surface area contributed by atoms with Gasteiger partial charge in [-0.15, -0.1) is 0 Å². The first-order valence-electron chi connectivity index (χ1n) is 9.06. The Bertz CT molecular complexity index is 1090. The van der Waals surface area contributed by atoms with Gasteiger partial charge in [-0.2, -0.15) is 0 Å². The van der Waals surface area contributed by atoms with Crippen LogP contribution in [0.15, 0.2) is 41.2 Å². The third-order valence-electron chi connectivity index (χ3n) is 4.83. The standard InChI is InChI=1S/C22H24N2O5/c1-13-7-6-8-14-9-16(21(25)23-19(13)14)12-24(2)22(26)15-10-17(27-3)20(29-5)18(11-15)28-4/h6-11H,12H2,1-5H3,(H,23,25).